The maximum Gasteiger partial charge on any atom is 0.416 e. The topological polar surface area (TPSA) is 112 Å². The summed E-state index contributed by atoms with van der Waals surface area (Å²) in [4.78, 5) is 56.9. The van der Waals surface area contributed by atoms with E-state index in [1.54, 1.807) is 12.1 Å². The van der Waals surface area contributed by atoms with Crippen LogP contribution in [0, 0.1) is 5.92 Å². The number of thioether (sulfide) groups is 1. The maximum absolute atomic E-state index is 14.0. The molecule has 0 bridgehead atoms. The lowest BCUT2D eigenvalue weighted by atomic mass is 9.83. The van der Waals surface area contributed by atoms with E-state index < -0.39 is 51.4 Å². The first-order valence-corrected chi connectivity index (χ1v) is 15.3. The molecule has 1 aromatic heterocycles. The molecule has 3 heterocycles. The van der Waals surface area contributed by atoms with Crippen molar-refractivity contribution in [1.82, 2.24) is 4.57 Å². The molecule has 3 aromatic carbocycles. The second kappa shape index (κ2) is 11.4. The number of nitrogens with one attached hydrogen (secondary N) is 1. The van der Waals surface area contributed by atoms with Crippen LogP contribution in [-0.4, -0.2) is 46.7 Å². The average Bonchev–Trinajstić information content (AvgIpc) is 3.44. The molecule has 3 atom stereocenters. The minimum Gasteiger partial charge on any atom is -0.508 e. The van der Waals surface area contributed by atoms with Crippen molar-refractivity contribution in [1.29, 1.82) is 0 Å². The van der Waals surface area contributed by atoms with Crippen molar-refractivity contribution in [2.75, 3.05) is 29.2 Å². The molecule has 0 spiro atoms. The molecule has 2 N–H and O–H groups in total. The highest BCUT2D eigenvalue weighted by Gasteiger charge is 2.57. The van der Waals surface area contributed by atoms with Gasteiger partial charge in [-0.05, 0) is 60.2 Å². The van der Waals surface area contributed by atoms with Crippen LogP contribution in [-0.2, 0) is 27.1 Å². The molecular formula is C31H25F3N4O5S2. The van der Waals surface area contributed by atoms with Gasteiger partial charge in [-0.2, -0.15) is 13.2 Å². The molecule has 2 aliphatic heterocycles. The molecule has 6 rings (SSSR count). The quantitative estimate of drug-likeness (QED) is 0.219. The fourth-order valence-electron chi connectivity index (χ4n) is 5.56. The zero-order valence-corrected chi connectivity index (χ0v) is 25.4. The smallest absolute Gasteiger partial charge is 0.416 e. The Bertz CT molecular complexity index is 1870. The number of amides is 3. The van der Waals surface area contributed by atoms with Crippen LogP contribution in [0.25, 0.3) is 0 Å². The zero-order valence-electron chi connectivity index (χ0n) is 23.7. The normalized spacial score (nSPS) is 19.3. The largest absolute Gasteiger partial charge is 0.508 e. The number of halogens is 3. The van der Waals surface area contributed by atoms with E-state index in [2.05, 4.69) is 5.32 Å². The predicted molar refractivity (Wildman–Crippen MR) is 165 cm³/mol. The second-order valence-corrected chi connectivity index (χ2v) is 12.9. The predicted octanol–water partition coefficient (Wildman–Crippen LogP) is 5.13. The van der Waals surface area contributed by atoms with Gasteiger partial charge in [0.2, 0.25) is 17.7 Å². The van der Waals surface area contributed by atoms with E-state index in [0.717, 1.165) is 51.9 Å². The summed E-state index contributed by atoms with van der Waals surface area (Å²) in [5.41, 5.74) is 0.731. The number of anilines is 3. The second-order valence-electron chi connectivity index (χ2n) is 10.8. The van der Waals surface area contributed by atoms with Gasteiger partial charge in [-0.1, -0.05) is 41.3 Å². The molecule has 1 saturated heterocycles. The van der Waals surface area contributed by atoms with Crippen molar-refractivity contribution in [3.63, 3.8) is 0 Å². The van der Waals surface area contributed by atoms with Crippen LogP contribution in [0.3, 0.4) is 0 Å². The van der Waals surface area contributed by atoms with E-state index in [-0.39, 0.29) is 18.0 Å². The van der Waals surface area contributed by atoms with Gasteiger partial charge in [0.1, 0.15) is 17.5 Å². The molecule has 0 radical (unpaired) electrons. The number of nitrogens with zero attached hydrogens (tertiary/aromatic N) is 3. The number of alkyl halides is 3. The highest BCUT2D eigenvalue weighted by Crippen LogP contribution is 2.54. The van der Waals surface area contributed by atoms with Crippen LogP contribution in [0.15, 0.2) is 82.6 Å². The first-order chi connectivity index (χ1) is 21.3. The van der Waals surface area contributed by atoms with E-state index in [9.17, 15) is 37.5 Å². The van der Waals surface area contributed by atoms with Crippen molar-refractivity contribution >= 4 is 57.9 Å². The Labute approximate surface area is 262 Å². The summed E-state index contributed by atoms with van der Waals surface area (Å²) in [5, 5.41) is 11.5. The van der Waals surface area contributed by atoms with Gasteiger partial charge in [-0.15, -0.1) is 0 Å². The van der Waals surface area contributed by atoms with Crippen molar-refractivity contribution in [3.8, 4) is 5.75 Å². The average molecular weight is 655 g/mol. The lowest BCUT2D eigenvalue weighted by molar-refractivity contribution is -0.137. The Kier molecular flexibility index (Phi) is 7.73. The number of hydrogen-bond donors (Lipinski definition) is 2. The van der Waals surface area contributed by atoms with Crippen LogP contribution in [0.1, 0.15) is 21.9 Å². The standard InChI is InChI=1S/C31H25F3N4O5S2/c1-36(2)19-10-6-16(7-11-19)23-24-25(28(42)38(27(24)41)20-5-3-4-17(14-20)31(32,33)34)44-29-26(23)45-30(43)37(29)15-22(40)35-18-8-12-21(39)13-9-18/h3-14,23-25,39H,15H2,1-2H3,(H,35,40)/t23-,24?,25?/m1/s1. The summed E-state index contributed by atoms with van der Waals surface area (Å²) in [6.45, 7) is -0.387. The molecular weight excluding hydrogens is 629 g/mol. The van der Waals surface area contributed by atoms with Gasteiger partial charge >= 0.3 is 11.0 Å². The molecule has 232 valence electrons. The molecule has 45 heavy (non-hydrogen) atoms. The molecule has 0 aliphatic carbocycles. The molecule has 9 nitrogen and oxygen atoms in total. The monoisotopic (exact) mass is 654 g/mol. The lowest BCUT2D eigenvalue weighted by Gasteiger charge is -2.31. The van der Waals surface area contributed by atoms with Gasteiger partial charge in [0.25, 0.3) is 0 Å². The van der Waals surface area contributed by atoms with Crippen molar-refractivity contribution in [3.05, 3.63) is 98.5 Å². The van der Waals surface area contributed by atoms with Gasteiger partial charge in [0.05, 0.1) is 22.2 Å². The SMILES string of the molecule is CN(C)c1ccc([C@H]2c3sc(=O)n(CC(=O)Nc4ccc(O)cc4)c3SC3C(=O)N(c4cccc(C(F)(F)F)c4)C(=O)C32)cc1. The number of aromatic nitrogens is 1. The third-order valence-electron chi connectivity index (χ3n) is 7.70. The van der Waals surface area contributed by atoms with E-state index >= 15 is 0 Å². The van der Waals surface area contributed by atoms with Crippen LogP contribution in [0.5, 0.6) is 5.75 Å². The van der Waals surface area contributed by atoms with Crippen LogP contribution in [0.2, 0.25) is 0 Å². The van der Waals surface area contributed by atoms with E-state index in [4.69, 9.17) is 0 Å². The molecule has 4 aromatic rings. The maximum atomic E-state index is 14.0. The van der Waals surface area contributed by atoms with Crippen LogP contribution < -0.4 is 20.0 Å². The van der Waals surface area contributed by atoms with Crippen molar-refractivity contribution in [2.45, 2.75) is 28.9 Å². The summed E-state index contributed by atoms with van der Waals surface area (Å²) >= 11 is 1.84. The third kappa shape index (κ3) is 5.59. The zero-order chi connectivity index (χ0) is 32.2. The van der Waals surface area contributed by atoms with E-state index in [1.807, 2.05) is 31.1 Å². The number of aromatic hydroxyl groups is 1. The van der Waals surface area contributed by atoms with Crippen LogP contribution in [0.4, 0.5) is 30.2 Å². The lowest BCUT2D eigenvalue weighted by Crippen LogP contribution is -2.33. The van der Waals surface area contributed by atoms with Crippen molar-refractivity contribution in [2.24, 2.45) is 5.92 Å². The summed E-state index contributed by atoms with van der Waals surface area (Å²) in [5.74, 6) is -3.66. The number of imide groups is 1. The minimum atomic E-state index is -4.68. The molecule has 3 amide bonds. The Morgan fingerprint density at radius 3 is 2.31 bits per heavy atom. The number of rotatable bonds is 6. The molecule has 2 aliphatic rings. The number of hydrogen-bond acceptors (Lipinski definition) is 8. The molecule has 0 saturated carbocycles. The number of benzene rings is 3. The summed E-state index contributed by atoms with van der Waals surface area (Å²) in [6, 6.07) is 17.1. The fourth-order valence-corrected chi connectivity index (χ4v) is 8.33. The fraction of sp³-hybridized carbons (Fsp3) is 0.226. The van der Waals surface area contributed by atoms with Crippen molar-refractivity contribution < 1.29 is 32.7 Å². The number of fused-ring (bicyclic) bond motifs is 2. The Hall–Kier alpha value is -4.56. The van der Waals surface area contributed by atoms with Gasteiger partial charge in [0.15, 0.2) is 0 Å². The Morgan fingerprint density at radius 2 is 1.67 bits per heavy atom. The Morgan fingerprint density at radius 1 is 0.978 bits per heavy atom. The number of carbonyl (C=O) groups is 3. The highest BCUT2D eigenvalue weighted by molar-refractivity contribution is 8.00. The van der Waals surface area contributed by atoms with Gasteiger partial charge < -0.3 is 15.3 Å². The first-order valence-electron chi connectivity index (χ1n) is 13.6. The number of phenols is 1. The first kappa shape index (κ1) is 30.5. The molecule has 14 heteroatoms. The molecule has 1 fully saturated rings. The number of thiazole rings is 1. The minimum absolute atomic E-state index is 0.0155. The third-order valence-corrected chi connectivity index (χ3v) is 10.3. The van der Waals surface area contributed by atoms with E-state index in [1.165, 1.54) is 34.9 Å². The molecule has 2 unspecified atom stereocenters. The summed E-state index contributed by atoms with van der Waals surface area (Å²) in [6.07, 6.45) is -4.68. The van der Waals surface area contributed by atoms with Gasteiger partial charge in [-0.25, -0.2) is 4.90 Å². The van der Waals surface area contributed by atoms with Crippen LogP contribution >= 0.6 is 23.1 Å². The summed E-state index contributed by atoms with van der Waals surface area (Å²) < 4.78 is 41.8. The number of phenolic OH excluding ortho intramolecular Hbond substituents is 1. The van der Waals surface area contributed by atoms with Gasteiger partial charge in [0, 0.05) is 36.3 Å². The number of carbonyl (C=O) groups excluding carboxylic acids is 3. The Balaban J connectivity index is 1.41. The van der Waals surface area contributed by atoms with Gasteiger partial charge in [-0.3, -0.25) is 23.7 Å². The summed E-state index contributed by atoms with van der Waals surface area (Å²) in [7, 11) is 3.73. The van der Waals surface area contributed by atoms with E-state index in [0.29, 0.717) is 21.2 Å². The highest BCUT2D eigenvalue weighted by atomic mass is 32.2.